The number of rotatable bonds is 2. The maximum atomic E-state index is 11.8. The number of carbonyl (C=O) groups excluding carboxylic acids is 1. The summed E-state index contributed by atoms with van der Waals surface area (Å²) in [5, 5.41) is 11.5. The number of aromatic nitrogens is 2. The molecule has 0 saturated heterocycles. The van der Waals surface area contributed by atoms with Crippen molar-refractivity contribution >= 4 is 11.7 Å². The van der Waals surface area contributed by atoms with Gasteiger partial charge in [0.15, 0.2) is 5.82 Å². The van der Waals surface area contributed by atoms with E-state index in [0.717, 1.165) is 5.56 Å². The van der Waals surface area contributed by atoms with Gasteiger partial charge in [0.1, 0.15) is 0 Å². The second-order valence-corrected chi connectivity index (χ2v) is 5.68. The average Bonchev–Trinajstić information content (AvgIpc) is 2.47. The van der Waals surface area contributed by atoms with Crippen LogP contribution >= 0.6 is 0 Å². The first kappa shape index (κ1) is 14.7. The standard InChI is InChI=1S/C16H16N4O/c1-16(2,3)15(21)20-14-10-18-13(9-19-14)12-6-4-11(8-17)5-7-12/h4-7,9-10H,1-3H3,(H,19,20,21). The molecule has 0 bridgehead atoms. The molecular weight excluding hydrogens is 264 g/mol. The Kier molecular flexibility index (Phi) is 3.99. The lowest BCUT2D eigenvalue weighted by Crippen LogP contribution is -2.28. The number of nitriles is 1. The highest BCUT2D eigenvalue weighted by Gasteiger charge is 2.21. The minimum atomic E-state index is -0.479. The Morgan fingerprint density at radius 1 is 1.14 bits per heavy atom. The third-order valence-electron chi connectivity index (χ3n) is 2.88. The third-order valence-corrected chi connectivity index (χ3v) is 2.88. The molecule has 0 spiro atoms. The maximum Gasteiger partial charge on any atom is 0.230 e. The summed E-state index contributed by atoms with van der Waals surface area (Å²) < 4.78 is 0. The predicted octanol–water partition coefficient (Wildman–Crippen LogP) is 3.00. The van der Waals surface area contributed by atoms with Crippen molar-refractivity contribution in [3.8, 4) is 17.3 Å². The van der Waals surface area contributed by atoms with Crippen LogP contribution in [-0.2, 0) is 4.79 Å². The molecule has 0 aliphatic heterocycles. The summed E-state index contributed by atoms with van der Waals surface area (Å²) in [7, 11) is 0. The highest BCUT2D eigenvalue weighted by Crippen LogP contribution is 2.19. The van der Waals surface area contributed by atoms with Crippen molar-refractivity contribution in [2.24, 2.45) is 5.41 Å². The zero-order valence-electron chi connectivity index (χ0n) is 12.2. The lowest BCUT2D eigenvalue weighted by molar-refractivity contribution is -0.123. The van der Waals surface area contributed by atoms with Crippen LogP contribution < -0.4 is 5.32 Å². The Bertz CT molecular complexity index is 676. The van der Waals surface area contributed by atoms with E-state index in [9.17, 15) is 4.79 Å². The topological polar surface area (TPSA) is 78.7 Å². The van der Waals surface area contributed by atoms with Gasteiger partial charge in [0, 0.05) is 11.0 Å². The molecule has 0 unspecified atom stereocenters. The van der Waals surface area contributed by atoms with Crippen LogP contribution in [0, 0.1) is 16.7 Å². The van der Waals surface area contributed by atoms with Gasteiger partial charge in [-0.15, -0.1) is 0 Å². The lowest BCUT2D eigenvalue weighted by Gasteiger charge is -2.16. The van der Waals surface area contributed by atoms with Crippen molar-refractivity contribution in [1.29, 1.82) is 5.26 Å². The number of amides is 1. The molecule has 0 radical (unpaired) electrons. The molecule has 1 heterocycles. The molecule has 0 saturated carbocycles. The van der Waals surface area contributed by atoms with Gasteiger partial charge in [-0.05, 0) is 12.1 Å². The van der Waals surface area contributed by atoms with Crippen LogP contribution in [0.4, 0.5) is 5.82 Å². The summed E-state index contributed by atoms with van der Waals surface area (Å²) in [6.07, 6.45) is 3.12. The zero-order valence-corrected chi connectivity index (χ0v) is 12.2. The highest BCUT2D eigenvalue weighted by atomic mass is 16.2. The molecular formula is C16H16N4O. The van der Waals surface area contributed by atoms with Gasteiger partial charge in [-0.2, -0.15) is 5.26 Å². The number of benzene rings is 1. The molecule has 0 aliphatic rings. The van der Waals surface area contributed by atoms with Crippen LogP contribution in [0.1, 0.15) is 26.3 Å². The van der Waals surface area contributed by atoms with E-state index in [2.05, 4.69) is 21.4 Å². The summed E-state index contributed by atoms with van der Waals surface area (Å²) in [6.45, 7) is 5.50. The first-order valence-corrected chi connectivity index (χ1v) is 6.54. The number of hydrogen-bond donors (Lipinski definition) is 1. The predicted molar refractivity (Wildman–Crippen MR) is 80.3 cm³/mol. The fourth-order valence-electron chi connectivity index (χ4n) is 1.56. The minimum Gasteiger partial charge on any atom is -0.309 e. The molecule has 1 amide bonds. The molecule has 1 aromatic carbocycles. The Labute approximate surface area is 123 Å². The van der Waals surface area contributed by atoms with Crippen LogP contribution in [0.25, 0.3) is 11.3 Å². The first-order valence-electron chi connectivity index (χ1n) is 6.54. The third kappa shape index (κ3) is 3.63. The summed E-state index contributed by atoms with van der Waals surface area (Å²) in [5.74, 6) is 0.315. The lowest BCUT2D eigenvalue weighted by atomic mass is 9.96. The monoisotopic (exact) mass is 280 g/mol. The largest absolute Gasteiger partial charge is 0.309 e. The number of nitrogens with zero attached hydrogens (tertiary/aromatic N) is 3. The number of hydrogen-bond acceptors (Lipinski definition) is 4. The summed E-state index contributed by atoms with van der Waals surface area (Å²) in [4.78, 5) is 20.3. The average molecular weight is 280 g/mol. The normalized spacial score (nSPS) is 10.8. The maximum absolute atomic E-state index is 11.8. The van der Waals surface area contributed by atoms with Crippen molar-refractivity contribution in [3.05, 3.63) is 42.2 Å². The number of nitrogens with one attached hydrogen (secondary N) is 1. The Hall–Kier alpha value is -2.74. The van der Waals surface area contributed by atoms with Crippen molar-refractivity contribution in [1.82, 2.24) is 9.97 Å². The van der Waals surface area contributed by atoms with Crippen molar-refractivity contribution in [2.75, 3.05) is 5.32 Å². The molecule has 2 aromatic rings. The van der Waals surface area contributed by atoms with Gasteiger partial charge < -0.3 is 5.32 Å². The molecule has 5 heteroatoms. The van der Waals surface area contributed by atoms with Crippen LogP contribution in [0.2, 0.25) is 0 Å². The number of anilines is 1. The highest BCUT2D eigenvalue weighted by molar-refractivity contribution is 5.93. The molecule has 0 aliphatic carbocycles. The van der Waals surface area contributed by atoms with Gasteiger partial charge in [0.2, 0.25) is 5.91 Å². The molecule has 21 heavy (non-hydrogen) atoms. The quantitative estimate of drug-likeness (QED) is 0.917. The van der Waals surface area contributed by atoms with Crippen LogP contribution in [0.3, 0.4) is 0 Å². The number of carbonyl (C=O) groups is 1. The molecule has 1 aromatic heterocycles. The van der Waals surface area contributed by atoms with Crippen LogP contribution in [0.5, 0.6) is 0 Å². The minimum absolute atomic E-state index is 0.108. The van der Waals surface area contributed by atoms with Crippen molar-refractivity contribution < 1.29 is 4.79 Å². The zero-order chi connectivity index (χ0) is 15.5. The Balaban J connectivity index is 2.15. The fraction of sp³-hybridized carbons (Fsp3) is 0.250. The van der Waals surface area contributed by atoms with Gasteiger partial charge in [-0.25, -0.2) is 4.98 Å². The smallest absolute Gasteiger partial charge is 0.230 e. The Morgan fingerprint density at radius 3 is 2.29 bits per heavy atom. The molecule has 0 fully saturated rings. The van der Waals surface area contributed by atoms with E-state index < -0.39 is 5.41 Å². The van der Waals surface area contributed by atoms with E-state index in [0.29, 0.717) is 17.1 Å². The van der Waals surface area contributed by atoms with E-state index in [1.165, 1.54) is 6.20 Å². The van der Waals surface area contributed by atoms with E-state index in [1.807, 2.05) is 32.9 Å². The SMILES string of the molecule is CC(C)(C)C(=O)Nc1cnc(-c2ccc(C#N)cc2)cn1. The van der Waals surface area contributed by atoms with Gasteiger partial charge in [-0.1, -0.05) is 32.9 Å². The van der Waals surface area contributed by atoms with Crippen LogP contribution in [-0.4, -0.2) is 15.9 Å². The van der Waals surface area contributed by atoms with Gasteiger partial charge in [-0.3, -0.25) is 9.78 Å². The molecule has 5 nitrogen and oxygen atoms in total. The Morgan fingerprint density at radius 2 is 1.81 bits per heavy atom. The van der Waals surface area contributed by atoms with Crippen LogP contribution in [0.15, 0.2) is 36.7 Å². The second kappa shape index (κ2) is 5.71. The van der Waals surface area contributed by atoms with Gasteiger partial charge in [0.25, 0.3) is 0 Å². The summed E-state index contributed by atoms with van der Waals surface area (Å²) >= 11 is 0. The molecule has 1 N–H and O–H groups in total. The molecule has 2 rings (SSSR count). The van der Waals surface area contributed by atoms with E-state index in [4.69, 9.17) is 5.26 Å². The summed E-state index contributed by atoms with van der Waals surface area (Å²) in [6, 6.07) is 9.15. The van der Waals surface area contributed by atoms with E-state index in [-0.39, 0.29) is 5.91 Å². The first-order chi connectivity index (χ1) is 9.90. The molecule has 0 atom stereocenters. The van der Waals surface area contributed by atoms with E-state index >= 15 is 0 Å². The second-order valence-electron chi connectivity index (χ2n) is 5.68. The fourth-order valence-corrected chi connectivity index (χ4v) is 1.56. The van der Waals surface area contributed by atoms with Gasteiger partial charge >= 0.3 is 0 Å². The van der Waals surface area contributed by atoms with E-state index in [1.54, 1.807) is 18.3 Å². The van der Waals surface area contributed by atoms with Crippen molar-refractivity contribution in [2.45, 2.75) is 20.8 Å². The summed E-state index contributed by atoms with van der Waals surface area (Å²) in [5.41, 5.74) is 1.68. The molecule has 106 valence electrons. The van der Waals surface area contributed by atoms with Crippen molar-refractivity contribution in [3.63, 3.8) is 0 Å². The van der Waals surface area contributed by atoms with Gasteiger partial charge in [0.05, 0.1) is 29.7 Å².